The number of carbonyl (C=O) groups excluding carboxylic acids is 1. The zero-order valence-electron chi connectivity index (χ0n) is 13.1. The maximum atomic E-state index is 11.7. The van der Waals surface area contributed by atoms with Crippen molar-refractivity contribution in [1.82, 2.24) is 10.3 Å². The molecule has 0 aliphatic heterocycles. The van der Waals surface area contributed by atoms with Crippen molar-refractivity contribution in [3.8, 4) is 0 Å². The summed E-state index contributed by atoms with van der Waals surface area (Å²) in [4.78, 5) is 16.2. The Hall–Kier alpha value is -1.44. The highest BCUT2D eigenvalue weighted by Crippen LogP contribution is 2.33. The molecule has 1 aromatic heterocycles. The molecule has 0 atom stereocenters. The van der Waals surface area contributed by atoms with Gasteiger partial charge >= 0.3 is 6.03 Å². The van der Waals surface area contributed by atoms with Crippen molar-refractivity contribution < 1.29 is 9.90 Å². The molecule has 1 heterocycles. The molecule has 0 saturated carbocycles. The number of aliphatic hydroxyl groups excluding tert-OH is 1. The van der Waals surface area contributed by atoms with Crippen LogP contribution in [-0.4, -0.2) is 29.3 Å². The minimum absolute atomic E-state index is 0.0586. The number of hydrogen-bond acceptors (Lipinski definition) is 4. The van der Waals surface area contributed by atoms with Gasteiger partial charge in [-0.3, -0.25) is 5.32 Å². The number of hydrogen-bond donors (Lipinski definition) is 3. The third kappa shape index (κ3) is 4.76. The molecule has 5 nitrogen and oxygen atoms in total. The topological polar surface area (TPSA) is 74.2 Å². The molecule has 0 bridgehead atoms. The van der Waals surface area contributed by atoms with E-state index >= 15 is 0 Å². The number of nitrogens with zero attached hydrogens (tertiary/aromatic N) is 1. The second-order valence-electron chi connectivity index (χ2n) is 5.63. The van der Waals surface area contributed by atoms with Crippen molar-refractivity contribution in [2.45, 2.75) is 25.7 Å². The fourth-order valence-electron chi connectivity index (χ4n) is 2.05. The minimum Gasteiger partial charge on any atom is -0.396 e. The minimum atomic E-state index is -0.305. The van der Waals surface area contributed by atoms with Crippen molar-refractivity contribution in [2.24, 2.45) is 0 Å². The Bertz CT molecular complexity index is 656. The second-order valence-corrected chi connectivity index (χ2v) is 7.40. The standard InChI is InChI=1S/C16H20BrN3O2S/c1-16(2,11-4-6-12(17)7-5-11)13-10-23-15(19-13)20-14(22)18-8-3-9-21/h4-7,10,21H,3,8-9H2,1-2H3,(H2,18,19,20,22). The molecule has 0 aliphatic rings. The van der Waals surface area contributed by atoms with E-state index in [1.54, 1.807) is 0 Å². The van der Waals surface area contributed by atoms with E-state index in [1.807, 2.05) is 17.5 Å². The predicted octanol–water partition coefficient (Wildman–Crippen LogP) is 3.74. The molecule has 0 saturated heterocycles. The van der Waals surface area contributed by atoms with Crippen LogP contribution in [0.15, 0.2) is 34.1 Å². The van der Waals surface area contributed by atoms with E-state index in [9.17, 15) is 4.79 Å². The number of urea groups is 1. The van der Waals surface area contributed by atoms with Gasteiger partial charge in [0.25, 0.3) is 0 Å². The van der Waals surface area contributed by atoms with Gasteiger partial charge in [-0.25, -0.2) is 9.78 Å². The van der Waals surface area contributed by atoms with Crippen LogP contribution in [0.25, 0.3) is 0 Å². The Morgan fingerprint density at radius 2 is 2.04 bits per heavy atom. The fraction of sp³-hybridized carbons (Fsp3) is 0.375. The molecular weight excluding hydrogens is 378 g/mol. The van der Waals surface area contributed by atoms with Crippen LogP contribution in [0.2, 0.25) is 0 Å². The van der Waals surface area contributed by atoms with Gasteiger partial charge in [0.1, 0.15) is 0 Å². The Balaban J connectivity index is 2.05. The summed E-state index contributed by atoms with van der Waals surface area (Å²) < 4.78 is 1.04. The van der Waals surface area contributed by atoms with Gasteiger partial charge < -0.3 is 10.4 Å². The van der Waals surface area contributed by atoms with E-state index in [-0.39, 0.29) is 18.1 Å². The van der Waals surface area contributed by atoms with E-state index in [4.69, 9.17) is 5.11 Å². The van der Waals surface area contributed by atoms with Gasteiger partial charge in [-0.15, -0.1) is 11.3 Å². The van der Waals surface area contributed by atoms with Crippen LogP contribution in [0.5, 0.6) is 0 Å². The number of aromatic nitrogens is 1. The van der Waals surface area contributed by atoms with Crippen molar-refractivity contribution in [3.63, 3.8) is 0 Å². The zero-order chi connectivity index (χ0) is 16.9. The lowest BCUT2D eigenvalue weighted by Crippen LogP contribution is -2.30. The Morgan fingerprint density at radius 1 is 1.35 bits per heavy atom. The molecule has 0 unspecified atom stereocenters. The predicted molar refractivity (Wildman–Crippen MR) is 97.1 cm³/mol. The Morgan fingerprint density at radius 3 is 2.70 bits per heavy atom. The molecule has 2 aromatic rings. The first-order valence-electron chi connectivity index (χ1n) is 7.31. The molecule has 2 amide bonds. The van der Waals surface area contributed by atoms with E-state index in [0.717, 1.165) is 15.7 Å². The molecule has 1 aromatic carbocycles. The summed E-state index contributed by atoms with van der Waals surface area (Å²) in [7, 11) is 0. The summed E-state index contributed by atoms with van der Waals surface area (Å²) in [6, 6.07) is 7.85. The van der Waals surface area contributed by atoms with Gasteiger partial charge in [0.05, 0.1) is 5.69 Å². The van der Waals surface area contributed by atoms with Gasteiger partial charge in [-0.1, -0.05) is 41.9 Å². The first-order chi connectivity index (χ1) is 10.9. The van der Waals surface area contributed by atoms with Crippen molar-refractivity contribution >= 4 is 38.4 Å². The van der Waals surface area contributed by atoms with Crippen LogP contribution in [-0.2, 0) is 5.41 Å². The summed E-state index contributed by atoms with van der Waals surface area (Å²) in [6.45, 7) is 4.71. The van der Waals surface area contributed by atoms with Crippen LogP contribution >= 0.6 is 27.3 Å². The van der Waals surface area contributed by atoms with Crippen molar-refractivity contribution in [2.75, 3.05) is 18.5 Å². The highest BCUT2D eigenvalue weighted by atomic mass is 79.9. The number of aliphatic hydroxyl groups is 1. The van der Waals surface area contributed by atoms with Crippen LogP contribution in [0.3, 0.4) is 0 Å². The smallest absolute Gasteiger partial charge is 0.321 e. The summed E-state index contributed by atoms with van der Waals surface area (Å²) in [5, 5.41) is 16.6. The maximum absolute atomic E-state index is 11.7. The van der Waals surface area contributed by atoms with Crippen LogP contribution in [0.1, 0.15) is 31.5 Å². The number of rotatable bonds is 6. The Kier molecular flexibility index (Phi) is 6.15. The number of nitrogens with one attached hydrogen (secondary N) is 2. The lowest BCUT2D eigenvalue weighted by atomic mass is 9.82. The quantitative estimate of drug-likeness (QED) is 0.649. The average Bonchev–Trinajstić information content (AvgIpc) is 2.97. The number of amides is 2. The maximum Gasteiger partial charge on any atom is 0.321 e. The summed E-state index contributed by atoms with van der Waals surface area (Å²) in [5.74, 6) is 0. The van der Waals surface area contributed by atoms with Gasteiger partial charge in [-0.05, 0) is 24.1 Å². The molecule has 0 aliphatic carbocycles. The highest BCUT2D eigenvalue weighted by Gasteiger charge is 2.26. The molecule has 0 spiro atoms. The molecule has 2 rings (SSSR count). The Labute approximate surface area is 148 Å². The SMILES string of the molecule is CC(C)(c1ccc(Br)cc1)c1csc(NC(=O)NCCCO)n1. The molecular formula is C16H20BrN3O2S. The molecule has 124 valence electrons. The summed E-state index contributed by atoms with van der Waals surface area (Å²) >= 11 is 4.84. The summed E-state index contributed by atoms with van der Waals surface area (Å²) in [6.07, 6.45) is 0.535. The first-order valence-corrected chi connectivity index (χ1v) is 8.98. The fourth-order valence-corrected chi connectivity index (χ4v) is 3.19. The highest BCUT2D eigenvalue weighted by molar-refractivity contribution is 9.10. The van der Waals surface area contributed by atoms with Crippen LogP contribution in [0, 0.1) is 0 Å². The number of thiazole rings is 1. The van der Waals surface area contributed by atoms with E-state index in [0.29, 0.717) is 18.1 Å². The van der Waals surface area contributed by atoms with Gasteiger partial charge in [-0.2, -0.15) is 0 Å². The lowest BCUT2D eigenvalue weighted by molar-refractivity contribution is 0.249. The van der Waals surface area contributed by atoms with Crippen LogP contribution in [0.4, 0.5) is 9.93 Å². The first kappa shape index (κ1) is 17.9. The van der Waals surface area contributed by atoms with Crippen molar-refractivity contribution in [1.29, 1.82) is 0 Å². The van der Waals surface area contributed by atoms with Crippen LogP contribution < -0.4 is 10.6 Å². The molecule has 23 heavy (non-hydrogen) atoms. The van der Waals surface area contributed by atoms with Crippen molar-refractivity contribution in [3.05, 3.63) is 45.4 Å². The van der Waals surface area contributed by atoms with E-state index in [1.165, 1.54) is 11.3 Å². The number of benzene rings is 1. The van der Waals surface area contributed by atoms with E-state index in [2.05, 4.69) is 57.5 Å². The largest absolute Gasteiger partial charge is 0.396 e. The molecule has 3 N–H and O–H groups in total. The molecule has 7 heteroatoms. The van der Waals surface area contributed by atoms with Gasteiger partial charge in [0.2, 0.25) is 0 Å². The third-order valence-electron chi connectivity index (χ3n) is 3.55. The van der Waals surface area contributed by atoms with Gasteiger partial charge in [0.15, 0.2) is 5.13 Å². The third-order valence-corrected chi connectivity index (χ3v) is 4.84. The average molecular weight is 398 g/mol. The second kappa shape index (κ2) is 7.90. The lowest BCUT2D eigenvalue weighted by Gasteiger charge is -2.23. The molecule has 0 fully saturated rings. The molecule has 0 radical (unpaired) electrons. The number of anilines is 1. The monoisotopic (exact) mass is 397 g/mol. The number of halogens is 1. The van der Waals surface area contributed by atoms with Gasteiger partial charge in [0, 0.05) is 28.4 Å². The number of carbonyl (C=O) groups is 1. The zero-order valence-corrected chi connectivity index (χ0v) is 15.5. The summed E-state index contributed by atoms with van der Waals surface area (Å²) in [5.41, 5.74) is 1.82. The normalized spacial score (nSPS) is 11.3. The van der Waals surface area contributed by atoms with E-state index < -0.39 is 0 Å².